The molecule has 6 atom stereocenters. The number of hydrogen-bond acceptors (Lipinski definition) is 5. The molecule has 1 unspecified atom stereocenters. The third kappa shape index (κ3) is 5.18. The molecule has 1 aliphatic carbocycles. The van der Waals surface area contributed by atoms with Gasteiger partial charge in [0.2, 0.25) is 0 Å². The second-order valence-corrected chi connectivity index (χ2v) is 9.51. The van der Waals surface area contributed by atoms with E-state index in [4.69, 9.17) is 9.47 Å². The van der Waals surface area contributed by atoms with Crippen LogP contribution in [0.5, 0.6) is 0 Å². The lowest BCUT2D eigenvalue weighted by Gasteiger charge is -2.42. The molecule has 2 fully saturated rings. The topological polar surface area (TPSA) is 65.5 Å². The maximum Gasteiger partial charge on any atom is 0.309 e. The van der Waals surface area contributed by atoms with E-state index in [2.05, 4.69) is 27.0 Å². The second kappa shape index (κ2) is 10.2. The molecule has 174 valence electrons. The average Bonchev–Trinajstić information content (AvgIpc) is 3.09. The van der Waals surface area contributed by atoms with Gasteiger partial charge in [0, 0.05) is 29.9 Å². The fourth-order valence-electron chi connectivity index (χ4n) is 5.24. The molecule has 1 aromatic carbocycles. The Bertz CT molecular complexity index is 1040. The zero-order chi connectivity index (χ0) is 23.5. The predicted molar refractivity (Wildman–Crippen MR) is 127 cm³/mol. The molecule has 2 heterocycles. The van der Waals surface area contributed by atoms with Crippen LogP contribution in [-0.4, -0.2) is 35.0 Å². The van der Waals surface area contributed by atoms with Crippen molar-refractivity contribution in [3.63, 3.8) is 0 Å². The molecule has 7 heteroatoms. The number of nitrogens with zero attached hydrogens (tertiary/aromatic N) is 1. The number of ether oxygens (including phenoxy) is 2. The lowest BCUT2D eigenvalue weighted by atomic mass is 9.62. The number of aromatic nitrogens is 1. The molecular weight excluding hydrogens is 489 g/mol. The van der Waals surface area contributed by atoms with Gasteiger partial charge in [-0.2, -0.15) is 0 Å². The summed E-state index contributed by atoms with van der Waals surface area (Å²) in [6.07, 6.45) is 6.30. The van der Waals surface area contributed by atoms with E-state index >= 15 is 0 Å². The Balaban J connectivity index is 1.57. The first-order chi connectivity index (χ1) is 15.9. The Morgan fingerprint density at radius 3 is 2.79 bits per heavy atom. The van der Waals surface area contributed by atoms with Crippen LogP contribution >= 0.6 is 15.9 Å². The van der Waals surface area contributed by atoms with Gasteiger partial charge in [-0.25, -0.2) is 4.39 Å². The van der Waals surface area contributed by atoms with E-state index in [1.165, 1.54) is 19.1 Å². The van der Waals surface area contributed by atoms with Crippen molar-refractivity contribution >= 4 is 33.9 Å². The Kier molecular flexibility index (Phi) is 7.27. The summed E-state index contributed by atoms with van der Waals surface area (Å²) in [5, 5.41) is 0.726. The molecule has 0 amide bonds. The van der Waals surface area contributed by atoms with E-state index in [1.807, 2.05) is 31.2 Å². The number of esters is 2. The summed E-state index contributed by atoms with van der Waals surface area (Å²) in [7, 11) is 0. The molecule has 33 heavy (non-hydrogen) atoms. The lowest BCUT2D eigenvalue weighted by Crippen LogP contribution is -2.43. The minimum absolute atomic E-state index is 0.0605. The van der Waals surface area contributed by atoms with Gasteiger partial charge in [-0.05, 0) is 60.9 Å². The zero-order valence-electron chi connectivity index (χ0n) is 18.6. The van der Waals surface area contributed by atoms with Gasteiger partial charge in [0.05, 0.1) is 18.2 Å². The van der Waals surface area contributed by atoms with Crippen LogP contribution in [0.15, 0.2) is 48.7 Å². The third-order valence-electron chi connectivity index (χ3n) is 6.82. The Morgan fingerprint density at radius 2 is 2.12 bits per heavy atom. The highest BCUT2D eigenvalue weighted by Gasteiger charge is 2.53. The van der Waals surface area contributed by atoms with E-state index in [9.17, 15) is 14.0 Å². The van der Waals surface area contributed by atoms with E-state index in [-0.39, 0.29) is 53.4 Å². The van der Waals surface area contributed by atoms with Gasteiger partial charge in [0.15, 0.2) is 0 Å². The average molecular weight is 516 g/mol. The van der Waals surface area contributed by atoms with E-state index in [0.717, 1.165) is 22.2 Å². The number of fused-ring (bicyclic) bond motifs is 1. The van der Waals surface area contributed by atoms with Gasteiger partial charge in [-0.1, -0.05) is 40.2 Å². The van der Waals surface area contributed by atoms with Crippen molar-refractivity contribution in [2.45, 2.75) is 26.4 Å². The second-order valence-electron chi connectivity index (χ2n) is 8.86. The first-order valence-electron chi connectivity index (χ1n) is 11.2. The van der Waals surface area contributed by atoms with E-state index < -0.39 is 0 Å². The number of carbonyl (C=O) groups is 2. The van der Waals surface area contributed by atoms with Gasteiger partial charge < -0.3 is 9.47 Å². The van der Waals surface area contributed by atoms with Gasteiger partial charge in [0.25, 0.3) is 0 Å². The fraction of sp³-hybridized carbons (Fsp3) is 0.423. The predicted octanol–water partition coefficient (Wildman–Crippen LogP) is 5.29. The van der Waals surface area contributed by atoms with Gasteiger partial charge in [-0.15, -0.1) is 0 Å². The monoisotopic (exact) mass is 515 g/mol. The van der Waals surface area contributed by atoms with Crippen LogP contribution in [0.4, 0.5) is 4.39 Å². The van der Waals surface area contributed by atoms with Crippen LogP contribution < -0.4 is 0 Å². The van der Waals surface area contributed by atoms with Crippen molar-refractivity contribution in [3.05, 3.63) is 60.2 Å². The maximum absolute atomic E-state index is 13.5. The summed E-state index contributed by atoms with van der Waals surface area (Å²) in [6.45, 7) is 3.64. The van der Waals surface area contributed by atoms with Crippen molar-refractivity contribution < 1.29 is 23.5 Å². The molecule has 0 N–H and O–H groups in total. The summed E-state index contributed by atoms with van der Waals surface area (Å²) in [5.74, 6) is -0.586. The normalized spacial score (nSPS) is 29.0. The van der Waals surface area contributed by atoms with Crippen LogP contribution in [0.3, 0.4) is 0 Å². The molecule has 4 rings (SSSR count). The number of halogens is 2. The Hall–Kier alpha value is -2.54. The maximum atomic E-state index is 13.5. The van der Waals surface area contributed by atoms with E-state index in [1.54, 1.807) is 12.3 Å². The van der Waals surface area contributed by atoms with Gasteiger partial charge >= 0.3 is 11.9 Å². The summed E-state index contributed by atoms with van der Waals surface area (Å²) >= 11 is 3.65. The molecule has 0 spiro atoms. The molecule has 2 aromatic rings. The minimum atomic E-state index is -0.317. The number of hydrogen-bond donors (Lipinski definition) is 0. The summed E-state index contributed by atoms with van der Waals surface area (Å²) in [5.41, 5.74) is 2.39. The van der Waals surface area contributed by atoms with Crippen LogP contribution in [0, 0.1) is 35.4 Å². The number of pyridine rings is 1. The zero-order valence-corrected chi connectivity index (χ0v) is 20.2. The summed E-state index contributed by atoms with van der Waals surface area (Å²) in [6, 6.07) is 10.2. The van der Waals surface area contributed by atoms with Crippen molar-refractivity contribution in [2.24, 2.45) is 29.6 Å². The molecule has 1 saturated heterocycles. The van der Waals surface area contributed by atoms with Gasteiger partial charge in [-0.3, -0.25) is 14.6 Å². The molecule has 0 bridgehead atoms. The smallest absolute Gasteiger partial charge is 0.309 e. The van der Waals surface area contributed by atoms with Gasteiger partial charge in [0.1, 0.15) is 11.9 Å². The number of alkyl halides is 1. The number of benzene rings is 1. The molecular formula is C26H27BrFNO4. The van der Waals surface area contributed by atoms with Crippen molar-refractivity contribution in [1.29, 1.82) is 0 Å². The Morgan fingerprint density at radius 1 is 1.30 bits per heavy atom. The highest BCUT2D eigenvalue weighted by atomic mass is 79.9. The summed E-state index contributed by atoms with van der Waals surface area (Å²) in [4.78, 5) is 28.4. The molecule has 5 nitrogen and oxygen atoms in total. The molecule has 1 saturated carbocycles. The highest BCUT2D eigenvalue weighted by molar-refractivity contribution is 9.09. The standard InChI is InChI=1S/C26H27BrFNO4/c1-15-25-22(24(12-27)19(14-32-16(2)30)11-23(25)26(31)33-15)9-8-21-7-6-18(13-29-21)17-4-3-5-20(28)10-17/h3-10,13,15,19,22-25H,11-12,14H2,1-2H3/b9-8+/t15-,19-,22+,23?,24-,25+/m1/s1. The number of allylic oxidation sites excluding steroid dienone is 1. The first kappa shape index (κ1) is 23.6. The third-order valence-corrected chi connectivity index (χ3v) is 7.57. The largest absolute Gasteiger partial charge is 0.466 e. The number of rotatable bonds is 6. The van der Waals surface area contributed by atoms with Crippen molar-refractivity contribution in [3.8, 4) is 11.1 Å². The number of cyclic esters (lactones) is 1. The first-order valence-corrected chi connectivity index (χ1v) is 12.3. The number of carbonyl (C=O) groups excluding carboxylic acids is 2. The molecule has 1 aliphatic heterocycles. The van der Waals surface area contributed by atoms with Crippen LogP contribution in [-0.2, 0) is 19.1 Å². The van der Waals surface area contributed by atoms with Crippen LogP contribution in [0.1, 0.15) is 26.0 Å². The SMILES string of the molecule is CC(=O)OC[C@H]1CC2C(=O)O[C@H](C)[C@H]2[C@@H](/C=C/c2ccc(-c3cccc(F)c3)cn2)[C@@H]1CBr. The van der Waals surface area contributed by atoms with Crippen molar-refractivity contribution in [1.82, 2.24) is 4.98 Å². The van der Waals surface area contributed by atoms with E-state index in [0.29, 0.717) is 13.0 Å². The van der Waals surface area contributed by atoms with Crippen LogP contribution in [0.2, 0.25) is 0 Å². The lowest BCUT2D eigenvalue weighted by molar-refractivity contribution is -0.145. The van der Waals surface area contributed by atoms with Crippen LogP contribution in [0.25, 0.3) is 17.2 Å². The quantitative estimate of drug-likeness (QED) is 0.386. The highest BCUT2D eigenvalue weighted by Crippen LogP contribution is 2.50. The van der Waals surface area contributed by atoms with Crippen molar-refractivity contribution in [2.75, 3.05) is 11.9 Å². The minimum Gasteiger partial charge on any atom is -0.466 e. The molecule has 1 aromatic heterocycles. The fourth-order valence-corrected chi connectivity index (χ4v) is 6.20. The Labute approximate surface area is 201 Å². The summed E-state index contributed by atoms with van der Waals surface area (Å²) < 4.78 is 24.4. The molecule has 2 aliphatic rings. The molecule has 0 radical (unpaired) electrons.